The molecule has 2 unspecified atom stereocenters. The highest BCUT2D eigenvalue weighted by molar-refractivity contribution is 5.96. The van der Waals surface area contributed by atoms with Gasteiger partial charge < -0.3 is 4.90 Å². The lowest BCUT2D eigenvalue weighted by molar-refractivity contribution is -0.116. The highest BCUT2D eigenvalue weighted by Gasteiger charge is 2.32. The van der Waals surface area contributed by atoms with Gasteiger partial charge in [0.15, 0.2) is 5.78 Å². The SMILES string of the molecule is CCCCCCCC(=O)C1=CCC(c2ccc(N(C)C)cc2)C(C)CCC1(C)C. The standard InChI is InChI=1S/C27H43NO/c1-7-8-9-10-11-12-26(29)25-18-17-24(21(2)19-20-27(25,3)4)22-13-15-23(16-14-22)28(5)6/h13-16,18,21,24H,7-12,17,19-20H2,1-6H3. The molecule has 0 fully saturated rings. The van der Waals surface area contributed by atoms with Crippen molar-refractivity contribution in [3.8, 4) is 0 Å². The summed E-state index contributed by atoms with van der Waals surface area (Å²) in [7, 11) is 4.16. The summed E-state index contributed by atoms with van der Waals surface area (Å²) in [4.78, 5) is 15.2. The maximum Gasteiger partial charge on any atom is 0.159 e. The fraction of sp³-hybridized carbons (Fsp3) is 0.667. The molecule has 0 saturated carbocycles. The van der Waals surface area contributed by atoms with E-state index in [2.05, 4.69) is 77.0 Å². The van der Waals surface area contributed by atoms with Gasteiger partial charge >= 0.3 is 0 Å². The topological polar surface area (TPSA) is 20.3 Å². The molecule has 29 heavy (non-hydrogen) atoms. The molecule has 0 amide bonds. The number of benzene rings is 1. The van der Waals surface area contributed by atoms with E-state index in [1.165, 1.54) is 43.4 Å². The number of hydrogen-bond acceptors (Lipinski definition) is 2. The number of nitrogens with zero attached hydrogens (tertiary/aromatic N) is 1. The van der Waals surface area contributed by atoms with Crippen molar-refractivity contribution in [3.05, 3.63) is 41.5 Å². The maximum atomic E-state index is 13.1. The van der Waals surface area contributed by atoms with Gasteiger partial charge in [0, 0.05) is 26.2 Å². The normalized spacial score (nSPS) is 21.8. The van der Waals surface area contributed by atoms with Crippen LogP contribution >= 0.6 is 0 Å². The van der Waals surface area contributed by atoms with Gasteiger partial charge in [-0.25, -0.2) is 0 Å². The summed E-state index contributed by atoms with van der Waals surface area (Å²) < 4.78 is 0. The number of carbonyl (C=O) groups excluding carboxylic acids is 1. The predicted octanol–water partition coefficient (Wildman–Crippen LogP) is 7.54. The highest BCUT2D eigenvalue weighted by atomic mass is 16.1. The molecule has 0 bridgehead atoms. The molecule has 0 heterocycles. The molecule has 0 N–H and O–H groups in total. The van der Waals surface area contributed by atoms with Crippen molar-refractivity contribution >= 4 is 11.5 Å². The summed E-state index contributed by atoms with van der Waals surface area (Å²) in [6.45, 7) is 9.16. The first-order valence-corrected chi connectivity index (χ1v) is 11.8. The average molecular weight is 398 g/mol. The molecule has 0 spiro atoms. The Kier molecular flexibility index (Phi) is 8.99. The van der Waals surface area contributed by atoms with E-state index in [4.69, 9.17) is 0 Å². The van der Waals surface area contributed by atoms with E-state index in [1.54, 1.807) is 0 Å². The summed E-state index contributed by atoms with van der Waals surface area (Å²) in [6, 6.07) is 9.01. The van der Waals surface area contributed by atoms with E-state index in [-0.39, 0.29) is 5.41 Å². The summed E-state index contributed by atoms with van der Waals surface area (Å²) in [5.41, 5.74) is 3.73. The van der Waals surface area contributed by atoms with Gasteiger partial charge in [0.1, 0.15) is 0 Å². The maximum absolute atomic E-state index is 13.1. The molecular weight excluding hydrogens is 354 g/mol. The van der Waals surface area contributed by atoms with Crippen LogP contribution in [0.3, 0.4) is 0 Å². The van der Waals surface area contributed by atoms with E-state index in [1.807, 2.05) is 0 Å². The second kappa shape index (κ2) is 11.0. The molecule has 2 atom stereocenters. The molecule has 1 aliphatic carbocycles. The van der Waals surface area contributed by atoms with Crippen LogP contribution in [0, 0.1) is 11.3 Å². The molecule has 0 saturated heterocycles. The summed E-state index contributed by atoms with van der Waals surface area (Å²) in [5.74, 6) is 1.51. The van der Waals surface area contributed by atoms with E-state index in [0.717, 1.165) is 31.3 Å². The Balaban J connectivity index is 2.14. The minimum absolute atomic E-state index is 0.00544. The minimum atomic E-state index is -0.00544. The molecule has 2 nitrogen and oxygen atoms in total. The van der Waals surface area contributed by atoms with Crippen LogP contribution < -0.4 is 4.90 Å². The lowest BCUT2D eigenvalue weighted by Gasteiger charge is -2.34. The summed E-state index contributed by atoms with van der Waals surface area (Å²) in [6.07, 6.45) is 12.3. The Morgan fingerprint density at radius 3 is 2.34 bits per heavy atom. The van der Waals surface area contributed by atoms with Crippen molar-refractivity contribution in [2.75, 3.05) is 19.0 Å². The molecule has 162 valence electrons. The number of carbonyl (C=O) groups is 1. The van der Waals surface area contributed by atoms with Crippen LogP contribution in [0.1, 0.15) is 97.0 Å². The zero-order chi connectivity index (χ0) is 21.4. The molecule has 0 aliphatic heterocycles. The number of rotatable bonds is 9. The lowest BCUT2D eigenvalue weighted by Crippen LogP contribution is -2.26. The fourth-order valence-electron chi connectivity index (χ4n) is 4.68. The Bertz CT molecular complexity index is 668. The van der Waals surface area contributed by atoms with E-state index in [0.29, 0.717) is 17.6 Å². The van der Waals surface area contributed by atoms with Gasteiger partial charge in [-0.3, -0.25) is 4.79 Å². The predicted molar refractivity (Wildman–Crippen MR) is 127 cm³/mol. The number of allylic oxidation sites excluding steroid dienone is 2. The largest absolute Gasteiger partial charge is 0.378 e. The van der Waals surface area contributed by atoms with Crippen molar-refractivity contribution in [1.82, 2.24) is 0 Å². The summed E-state index contributed by atoms with van der Waals surface area (Å²) in [5, 5.41) is 0. The van der Waals surface area contributed by atoms with Gasteiger partial charge in [-0.05, 0) is 66.2 Å². The summed E-state index contributed by atoms with van der Waals surface area (Å²) >= 11 is 0. The van der Waals surface area contributed by atoms with Gasteiger partial charge in [-0.1, -0.05) is 71.6 Å². The number of hydrogen-bond donors (Lipinski definition) is 0. The van der Waals surface area contributed by atoms with E-state index in [9.17, 15) is 4.79 Å². The number of Topliss-reactive ketones (excluding diaryl/α,β-unsaturated/α-hetero) is 1. The van der Waals surface area contributed by atoms with Crippen LogP contribution in [0.15, 0.2) is 35.9 Å². The first-order chi connectivity index (χ1) is 13.8. The van der Waals surface area contributed by atoms with Crippen LogP contribution in [0.2, 0.25) is 0 Å². The first-order valence-electron chi connectivity index (χ1n) is 11.8. The van der Waals surface area contributed by atoms with Crippen molar-refractivity contribution in [2.45, 2.75) is 91.4 Å². The van der Waals surface area contributed by atoms with Crippen LogP contribution in [-0.2, 0) is 4.79 Å². The Labute approximate surface area is 179 Å². The number of ketones is 1. The van der Waals surface area contributed by atoms with Crippen molar-refractivity contribution < 1.29 is 4.79 Å². The quantitative estimate of drug-likeness (QED) is 0.401. The molecule has 0 radical (unpaired) electrons. The van der Waals surface area contributed by atoms with Crippen molar-refractivity contribution in [3.63, 3.8) is 0 Å². The van der Waals surface area contributed by atoms with Crippen molar-refractivity contribution in [1.29, 1.82) is 0 Å². The van der Waals surface area contributed by atoms with Gasteiger partial charge in [0.25, 0.3) is 0 Å². The third-order valence-electron chi connectivity index (χ3n) is 6.86. The van der Waals surface area contributed by atoms with Crippen LogP contribution in [0.4, 0.5) is 5.69 Å². The third kappa shape index (κ3) is 6.73. The molecule has 1 aromatic carbocycles. The van der Waals surface area contributed by atoms with E-state index >= 15 is 0 Å². The Hall–Kier alpha value is -1.57. The smallest absolute Gasteiger partial charge is 0.159 e. The molecular formula is C27H43NO. The van der Waals surface area contributed by atoms with Crippen LogP contribution in [0.25, 0.3) is 0 Å². The highest BCUT2D eigenvalue weighted by Crippen LogP contribution is 2.42. The number of anilines is 1. The number of unbranched alkanes of at least 4 members (excludes halogenated alkanes) is 4. The average Bonchev–Trinajstić information content (AvgIpc) is 2.68. The Morgan fingerprint density at radius 2 is 1.72 bits per heavy atom. The van der Waals surface area contributed by atoms with Crippen LogP contribution in [-0.4, -0.2) is 19.9 Å². The zero-order valence-electron chi connectivity index (χ0n) is 19.8. The fourth-order valence-corrected chi connectivity index (χ4v) is 4.68. The molecule has 2 heteroatoms. The van der Waals surface area contributed by atoms with Gasteiger partial charge in [0.05, 0.1) is 0 Å². The van der Waals surface area contributed by atoms with Gasteiger partial charge in [-0.15, -0.1) is 0 Å². The first kappa shape index (κ1) is 23.7. The molecule has 0 aromatic heterocycles. The zero-order valence-corrected chi connectivity index (χ0v) is 19.8. The van der Waals surface area contributed by atoms with E-state index < -0.39 is 0 Å². The monoisotopic (exact) mass is 397 g/mol. The minimum Gasteiger partial charge on any atom is -0.378 e. The lowest BCUT2D eigenvalue weighted by atomic mass is 9.70. The van der Waals surface area contributed by atoms with Gasteiger partial charge in [-0.2, -0.15) is 0 Å². The molecule has 2 rings (SSSR count). The molecule has 1 aromatic rings. The third-order valence-corrected chi connectivity index (χ3v) is 6.86. The second-order valence-corrected chi connectivity index (χ2v) is 9.93. The second-order valence-electron chi connectivity index (χ2n) is 9.93. The van der Waals surface area contributed by atoms with Crippen molar-refractivity contribution in [2.24, 2.45) is 11.3 Å². The molecule has 1 aliphatic rings. The van der Waals surface area contributed by atoms with Gasteiger partial charge in [0.2, 0.25) is 0 Å². The van der Waals surface area contributed by atoms with Crippen LogP contribution in [0.5, 0.6) is 0 Å². The Morgan fingerprint density at radius 1 is 1.07 bits per heavy atom.